The molecule has 7 heteroatoms. The average Bonchev–Trinajstić information content (AvgIpc) is 2.51. The smallest absolute Gasteiger partial charge is 0.491 e. The van der Waals surface area contributed by atoms with Gasteiger partial charge in [-0.15, -0.1) is 0 Å². The Bertz CT molecular complexity index is 537. The van der Waals surface area contributed by atoms with Gasteiger partial charge in [-0.05, 0) is 27.7 Å². The summed E-state index contributed by atoms with van der Waals surface area (Å²) in [6.07, 6.45) is 1.54. The van der Waals surface area contributed by atoms with Gasteiger partial charge in [-0.2, -0.15) is 5.10 Å². The molecule has 1 aromatic rings. The molecular formula is C12H19BN2O4. The molecule has 0 aliphatic carbocycles. The fourth-order valence-electron chi connectivity index (χ4n) is 1.87. The van der Waals surface area contributed by atoms with Crippen LogP contribution in [0.4, 0.5) is 0 Å². The Morgan fingerprint density at radius 3 is 2.26 bits per heavy atom. The van der Waals surface area contributed by atoms with Gasteiger partial charge in [-0.1, -0.05) is 0 Å². The van der Waals surface area contributed by atoms with Gasteiger partial charge in [0.1, 0.15) is 0 Å². The summed E-state index contributed by atoms with van der Waals surface area (Å²) in [5, 5.41) is 3.99. The van der Waals surface area contributed by atoms with E-state index in [1.165, 1.54) is 11.8 Å². The number of ether oxygens (including phenoxy) is 1. The highest BCUT2D eigenvalue weighted by Crippen LogP contribution is 2.36. The van der Waals surface area contributed by atoms with Crippen molar-refractivity contribution in [2.45, 2.75) is 38.9 Å². The summed E-state index contributed by atoms with van der Waals surface area (Å²) < 4.78 is 18.2. The van der Waals surface area contributed by atoms with Gasteiger partial charge in [-0.3, -0.25) is 4.79 Å². The van der Waals surface area contributed by atoms with Crippen molar-refractivity contribution >= 4 is 12.6 Å². The second-order valence-electron chi connectivity index (χ2n) is 5.65. The van der Waals surface area contributed by atoms with Crippen LogP contribution in [0.3, 0.4) is 0 Å². The molecule has 104 valence electrons. The van der Waals surface area contributed by atoms with E-state index in [1.807, 2.05) is 27.7 Å². The lowest BCUT2D eigenvalue weighted by atomic mass is 9.80. The Balaban J connectivity index is 2.46. The molecule has 19 heavy (non-hydrogen) atoms. The molecule has 0 saturated carbocycles. The summed E-state index contributed by atoms with van der Waals surface area (Å²) in [7, 11) is 2.37. The first-order valence-electron chi connectivity index (χ1n) is 6.15. The SMILES string of the molecule is COc1c(B2OC(C)(C)C(C)(C)O2)cnn(C)c1=O. The summed E-state index contributed by atoms with van der Waals surface area (Å²) in [5.41, 5.74) is -0.730. The lowest BCUT2D eigenvalue weighted by Crippen LogP contribution is -2.41. The molecule has 2 heterocycles. The van der Waals surface area contributed by atoms with Gasteiger partial charge in [-0.25, -0.2) is 4.68 Å². The van der Waals surface area contributed by atoms with E-state index in [9.17, 15) is 4.79 Å². The summed E-state index contributed by atoms with van der Waals surface area (Å²) in [6.45, 7) is 7.81. The molecule has 0 amide bonds. The molecule has 2 rings (SSSR count). The molecular weight excluding hydrogens is 247 g/mol. The van der Waals surface area contributed by atoms with Gasteiger partial charge < -0.3 is 14.0 Å². The van der Waals surface area contributed by atoms with Gasteiger partial charge in [0, 0.05) is 7.05 Å². The molecule has 0 radical (unpaired) electrons. The third kappa shape index (κ3) is 2.17. The van der Waals surface area contributed by atoms with E-state index in [0.717, 1.165) is 0 Å². The van der Waals surface area contributed by atoms with Crippen LogP contribution in [0, 0.1) is 0 Å². The summed E-state index contributed by atoms with van der Waals surface area (Å²) in [5.74, 6) is 0.205. The number of aromatic nitrogens is 2. The van der Waals surface area contributed by atoms with Crippen molar-refractivity contribution in [2.75, 3.05) is 7.11 Å². The first-order valence-corrected chi connectivity index (χ1v) is 6.15. The fourth-order valence-corrected chi connectivity index (χ4v) is 1.87. The molecule has 1 fully saturated rings. The van der Waals surface area contributed by atoms with Crippen molar-refractivity contribution in [1.82, 2.24) is 9.78 Å². The molecule has 0 bridgehead atoms. The summed E-state index contributed by atoms with van der Waals surface area (Å²) in [6, 6.07) is 0. The second kappa shape index (κ2) is 4.35. The first-order chi connectivity index (χ1) is 8.69. The van der Waals surface area contributed by atoms with Crippen LogP contribution >= 0.6 is 0 Å². The number of rotatable bonds is 2. The van der Waals surface area contributed by atoms with E-state index in [2.05, 4.69) is 5.10 Å². The van der Waals surface area contributed by atoms with Crippen LogP contribution in [0.2, 0.25) is 0 Å². The van der Waals surface area contributed by atoms with Crippen molar-refractivity contribution in [1.29, 1.82) is 0 Å². The number of aryl methyl sites for hydroxylation is 1. The Hall–Kier alpha value is -1.34. The van der Waals surface area contributed by atoms with E-state index in [-0.39, 0.29) is 11.3 Å². The van der Waals surface area contributed by atoms with E-state index < -0.39 is 18.3 Å². The number of methoxy groups -OCH3 is 1. The van der Waals surface area contributed by atoms with Gasteiger partial charge in [0.05, 0.1) is 30.0 Å². The maximum absolute atomic E-state index is 12.0. The molecule has 0 atom stereocenters. The lowest BCUT2D eigenvalue weighted by Gasteiger charge is -2.32. The molecule has 0 aromatic carbocycles. The van der Waals surface area contributed by atoms with Gasteiger partial charge in [0.15, 0.2) is 5.75 Å². The molecule has 0 N–H and O–H groups in total. The van der Waals surface area contributed by atoms with E-state index in [1.54, 1.807) is 13.2 Å². The Morgan fingerprint density at radius 1 is 1.26 bits per heavy atom. The second-order valence-corrected chi connectivity index (χ2v) is 5.65. The monoisotopic (exact) mass is 266 g/mol. The zero-order valence-electron chi connectivity index (χ0n) is 12.2. The number of nitrogens with zero attached hydrogens (tertiary/aromatic N) is 2. The average molecular weight is 266 g/mol. The highest BCUT2D eigenvalue weighted by atomic mass is 16.7. The molecule has 1 aliphatic rings. The minimum atomic E-state index is -0.652. The molecule has 0 unspecified atom stereocenters. The van der Waals surface area contributed by atoms with Crippen LogP contribution in [0.5, 0.6) is 5.75 Å². The van der Waals surface area contributed by atoms with E-state index in [0.29, 0.717) is 5.46 Å². The largest absolute Gasteiger partial charge is 0.500 e. The minimum Gasteiger partial charge on any atom is -0.491 e. The van der Waals surface area contributed by atoms with Crippen molar-refractivity contribution in [3.05, 3.63) is 16.6 Å². The van der Waals surface area contributed by atoms with Gasteiger partial charge in [0.25, 0.3) is 0 Å². The van der Waals surface area contributed by atoms with Crippen LogP contribution in [-0.4, -0.2) is 35.2 Å². The van der Waals surface area contributed by atoms with E-state index in [4.69, 9.17) is 14.0 Å². The zero-order chi connectivity index (χ0) is 14.4. The van der Waals surface area contributed by atoms with Gasteiger partial charge >= 0.3 is 12.7 Å². The summed E-state index contributed by atoms with van der Waals surface area (Å²) in [4.78, 5) is 12.0. The van der Waals surface area contributed by atoms with Crippen LogP contribution in [0.1, 0.15) is 27.7 Å². The highest BCUT2D eigenvalue weighted by Gasteiger charge is 2.52. The highest BCUT2D eigenvalue weighted by molar-refractivity contribution is 6.63. The normalized spacial score (nSPS) is 20.6. The van der Waals surface area contributed by atoms with Crippen molar-refractivity contribution in [3.63, 3.8) is 0 Å². The topological polar surface area (TPSA) is 62.6 Å². The number of hydrogen-bond acceptors (Lipinski definition) is 5. The lowest BCUT2D eigenvalue weighted by molar-refractivity contribution is 0.00578. The third-order valence-corrected chi connectivity index (χ3v) is 3.83. The Morgan fingerprint density at radius 2 is 1.79 bits per heavy atom. The fraction of sp³-hybridized carbons (Fsp3) is 0.667. The van der Waals surface area contributed by atoms with Crippen LogP contribution < -0.4 is 15.8 Å². The predicted molar refractivity (Wildman–Crippen MR) is 71.7 cm³/mol. The standard InChI is InChI=1S/C12H19BN2O4/c1-11(2)12(3,4)19-13(18-11)8-7-14-15(5)10(16)9(8)17-6/h7H,1-6H3. The molecule has 0 spiro atoms. The third-order valence-electron chi connectivity index (χ3n) is 3.83. The van der Waals surface area contributed by atoms with Gasteiger partial charge in [0.2, 0.25) is 0 Å². The maximum Gasteiger partial charge on any atom is 0.500 e. The van der Waals surface area contributed by atoms with Crippen molar-refractivity contribution in [3.8, 4) is 5.75 Å². The first kappa shape index (κ1) is 14.1. The quantitative estimate of drug-likeness (QED) is 0.710. The maximum atomic E-state index is 12.0. The summed E-state index contributed by atoms with van der Waals surface area (Å²) >= 11 is 0. The van der Waals surface area contributed by atoms with E-state index >= 15 is 0 Å². The predicted octanol–water partition coefficient (Wildman–Crippen LogP) is 0.0881. The molecule has 1 saturated heterocycles. The molecule has 1 aromatic heterocycles. The van der Waals surface area contributed by atoms with Crippen LogP contribution in [-0.2, 0) is 16.4 Å². The minimum absolute atomic E-state index is 0.205. The van der Waals surface area contributed by atoms with Crippen LogP contribution in [0.25, 0.3) is 0 Å². The zero-order valence-corrected chi connectivity index (χ0v) is 12.2. The van der Waals surface area contributed by atoms with Crippen LogP contribution in [0.15, 0.2) is 11.0 Å². The van der Waals surface area contributed by atoms with Crippen molar-refractivity contribution < 1.29 is 14.0 Å². The Labute approximate surface area is 112 Å². The van der Waals surface area contributed by atoms with Crippen molar-refractivity contribution in [2.24, 2.45) is 7.05 Å². The molecule has 6 nitrogen and oxygen atoms in total. The number of hydrogen-bond donors (Lipinski definition) is 0. The molecule has 1 aliphatic heterocycles. The Kier molecular flexibility index (Phi) is 3.22.